The molecule has 0 radical (unpaired) electrons. The quantitative estimate of drug-likeness (QED) is 0.651. The second-order valence-electron chi connectivity index (χ2n) is 7.88. The lowest BCUT2D eigenvalue weighted by Gasteiger charge is -2.26. The highest BCUT2D eigenvalue weighted by Gasteiger charge is 2.25. The molecule has 0 spiro atoms. The van der Waals surface area contributed by atoms with E-state index in [2.05, 4.69) is 10.6 Å². The Labute approximate surface area is 183 Å². The van der Waals surface area contributed by atoms with E-state index in [1.165, 1.54) is 6.42 Å². The van der Waals surface area contributed by atoms with Crippen molar-refractivity contribution < 1.29 is 9.59 Å². The van der Waals surface area contributed by atoms with Gasteiger partial charge in [-0.15, -0.1) is 0 Å². The number of nitrogens with zero attached hydrogens (tertiary/aromatic N) is 1. The molecule has 0 aliphatic heterocycles. The third-order valence-electron chi connectivity index (χ3n) is 5.72. The van der Waals surface area contributed by atoms with E-state index in [1.54, 1.807) is 18.2 Å². The number of benzene rings is 2. The van der Waals surface area contributed by atoms with Crippen molar-refractivity contribution in [2.75, 3.05) is 18.9 Å². The Morgan fingerprint density at radius 1 is 1.10 bits per heavy atom. The van der Waals surface area contributed by atoms with E-state index in [9.17, 15) is 9.59 Å². The Morgan fingerprint density at radius 3 is 2.47 bits per heavy atom. The number of likely N-dealkylation sites (N-methyl/N-ethyl adjacent to an activating group) is 1. The van der Waals surface area contributed by atoms with Crippen molar-refractivity contribution >= 4 is 29.1 Å². The van der Waals surface area contributed by atoms with Crippen LogP contribution in [0, 0.1) is 0 Å². The number of halogens is 1. The molecule has 6 heteroatoms. The van der Waals surface area contributed by atoms with Gasteiger partial charge in [-0.3, -0.25) is 14.5 Å². The second kappa shape index (κ2) is 10.6. The molecule has 0 saturated heterocycles. The standard InChI is InChI=1S/C24H30ClN3O2/c1-3-28(2)22(17-10-6-4-7-11-17)24(30)27-19-14-15-21(25)20(16-19)23(29)26-18-12-8-5-9-13-18/h4,6-7,10-11,14-16,18,22H,3,5,8-9,12-13H2,1-2H3,(H,26,29)(H,27,30). The summed E-state index contributed by atoms with van der Waals surface area (Å²) in [5.41, 5.74) is 1.87. The number of anilines is 1. The zero-order valence-corrected chi connectivity index (χ0v) is 18.4. The fourth-order valence-corrected chi connectivity index (χ4v) is 4.13. The normalized spacial score (nSPS) is 15.6. The van der Waals surface area contributed by atoms with Gasteiger partial charge in [0.1, 0.15) is 6.04 Å². The van der Waals surface area contributed by atoms with Gasteiger partial charge in [0.25, 0.3) is 5.91 Å². The van der Waals surface area contributed by atoms with Crippen LogP contribution in [0.4, 0.5) is 5.69 Å². The van der Waals surface area contributed by atoms with Gasteiger partial charge in [0.2, 0.25) is 5.91 Å². The Balaban J connectivity index is 1.76. The molecule has 1 aliphatic rings. The zero-order chi connectivity index (χ0) is 21.5. The number of rotatable bonds is 7. The van der Waals surface area contributed by atoms with Crippen LogP contribution in [0.5, 0.6) is 0 Å². The molecule has 0 bridgehead atoms. The van der Waals surface area contributed by atoms with Crippen molar-refractivity contribution in [2.45, 2.75) is 51.1 Å². The number of carbonyl (C=O) groups is 2. The number of amides is 2. The molecule has 160 valence electrons. The molecule has 5 nitrogen and oxygen atoms in total. The molecular weight excluding hydrogens is 398 g/mol. The average Bonchev–Trinajstić information content (AvgIpc) is 2.76. The Morgan fingerprint density at radius 2 is 1.80 bits per heavy atom. The molecule has 3 rings (SSSR count). The largest absolute Gasteiger partial charge is 0.349 e. The minimum Gasteiger partial charge on any atom is -0.349 e. The van der Waals surface area contributed by atoms with E-state index < -0.39 is 6.04 Å². The number of carbonyl (C=O) groups excluding carboxylic acids is 2. The van der Waals surface area contributed by atoms with Crippen LogP contribution in [0.1, 0.15) is 61.0 Å². The van der Waals surface area contributed by atoms with Gasteiger partial charge < -0.3 is 10.6 Å². The zero-order valence-electron chi connectivity index (χ0n) is 17.7. The smallest absolute Gasteiger partial charge is 0.253 e. The van der Waals surface area contributed by atoms with E-state index >= 15 is 0 Å². The van der Waals surface area contributed by atoms with Gasteiger partial charge in [-0.25, -0.2) is 0 Å². The Bertz CT molecular complexity index is 866. The van der Waals surface area contributed by atoms with E-state index in [4.69, 9.17) is 11.6 Å². The van der Waals surface area contributed by atoms with Crippen molar-refractivity contribution in [2.24, 2.45) is 0 Å². The van der Waals surface area contributed by atoms with Gasteiger partial charge >= 0.3 is 0 Å². The summed E-state index contributed by atoms with van der Waals surface area (Å²) in [6.07, 6.45) is 5.51. The van der Waals surface area contributed by atoms with Crippen LogP contribution in [0.2, 0.25) is 5.02 Å². The lowest BCUT2D eigenvalue weighted by molar-refractivity contribution is -0.121. The van der Waals surface area contributed by atoms with Crippen LogP contribution < -0.4 is 10.6 Å². The molecule has 2 aromatic rings. The van der Waals surface area contributed by atoms with Crippen LogP contribution in [-0.2, 0) is 4.79 Å². The predicted molar refractivity (Wildman–Crippen MR) is 122 cm³/mol. The second-order valence-corrected chi connectivity index (χ2v) is 8.29. The van der Waals surface area contributed by atoms with E-state index in [0.717, 1.165) is 37.8 Å². The number of nitrogens with one attached hydrogen (secondary N) is 2. The molecule has 0 aromatic heterocycles. The molecule has 2 N–H and O–H groups in total. The van der Waals surface area contributed by atoms with Crippen LogP contribution in [0.3, 0.4) is 0 Å². The first kappa shape index (κ1) is 22.3. The molecule has 1 fully saturated rings. The third-order valence-corrected chi connectivity index (χ3v) is 6.05. The van der Waals surface area contributed by atoms with Crippen molar-refractivity contribution in [1.82, 2.24) is 10.2 Å². The van der Waals surface area contributed by atoms with E-state index in [1.807, 2.05) is 49.2 Å². The molecule has 1 atom stereocenters. The minimum atomic E-state index is -0.425. The predicted octanol–water partition coefficient (Wildman–Crippen LogP) is 5.03. The molecule has 30 heavy (non-hydrogen) atoms. The summed E-state index contributed by atoms with van der Waals surface area (Å²) in [6.45, 7) is 2.74. The highest BCUT2D eigenvalue weighted by Crippen LogP contribution is 2.25. The number of hydrogen-bond donors (Lipinski definition) is 2. The maximum atomic E-state index is 13.1. The van der Waals surface area contributed by atoms with Crippen molar-refractivity contribution in [3.8, 4) is 0 Å². The van der Waals surface area contributed by atoms with Gasteiger partial charge in [-0.05, 0) is 50.2 Å². The molecule has 2 aromatic carbocycles. The first-order valence-electron chi connectivity index (χ1n) is 10.7. The topological polar surface area (TPSA) is 61.4 Å². The summed E-state index contributed by atoms with van der Waals surface area (Å²) in [5.74, 6) is -0.334. The maximum Gasteiger partial charge on any atom is 0.253 e. The summed E-state index contributed by atoms with van der Waals surface area (Å²) in [7, 11) is 1.92. The van der Waals surface area contributed by atoms with Gasteiger partial charge in [0.15, 0.2) is 0 Å². The maximum absolute atomic E-state index is 13.1. The first-order valence-corrected chi connectivity index (χ1v) is 11.0. The van der Waals surface area contributed by atoms with Gasteiger partial charge in [-0.1, -0.05) is 68.1 Å². The van der Waals surface area contributed by atoms with E-state index in [-0.39, 0.29) is 17.9 Å². The Hall–Kier alpha value is -2.37. The van der Waals surface area contributed by atoms with Crippen LogP contribution in [0.15, 0.2) is 48.5 Å². The summed E-state index contributed by atoms with van der Waals surface area (Å²) in [5, 5.41) is 6.43. The van der Waals surface area contributed by atoms with Crippen molar-refractivity contribution in [1.29, 1.82) is 0 Å². The summed E-state index contributed by atoms with van der Waals surface area (Å²) >= 11 is 6.29. The molecule has 1 saturated carbocycles. The SMILES string of the molecule is CCN(C)C(C(=O)Nc1ccc(Cl)c(C(=O)NC2CCCCC2)c1)c1ccccc1. The summed E-state index contributed by atoms with van der Waals surface area (Å²) < 4.78 is 0. The first-order chi connectivity index (χ1) is 14.5. The molecular formula is C24H30ClN3O2. The summed E-state index contributed by atoms with van der Waals surface area (Å²) in [4.78, 5) is 27.9. The number of hydrogen-bond acceptors (Lipinski definition) is 3. The highest BCUT2D eigenvalue weighted by molar-refractivity contribution is 6.34. The molecule has 2 amide bonds. The monoisotopic (exact) mass is 427 g/mol. The third kappa shape index (κ3) is 5.61. The lowest BCUT2D eigenvalue weighted by Crippen LogP contribution is -2.36. The van der Waals surface area contributed by atoms with Crippen LogP contribution >= 0.6 is 11.6 Å². The van der Waals surface area contributed by atoms with Gasteiger partial charge in [-0.2, -0.15) is 0 Å². The highest BCUT2D eigenvalue weighted by atomic mass is 35.5. The van der Waals surface area contributed by atoms with E-state index in [0.29, 0.717) is 16.3 Å². The van der Waals surface area contributed by atoms with Crippen molar-refractivity contribution in [3.05, 3.63) is 64.7 Å². The fourth-order valence-electron chi connectivity index (χ4n) is 3.92. The molecule has 1 aliphatic carbocycles. The fraction of sp³-hybridized carbons (Fsp3) is 0.417. The summed E-state index contributed by atoms with van der Waals surface area (Å²) in [6, 6.07) is 14.5. The lowest BCUT2D eigenvalue weighted by atomic mass is 9.95. The average molecular weight is 428 g/mol. The molecule has 0 heterocycles. The minimum absolute atomic E-state index is 0.147. The molecule has 1 unspecified atom stereocenters. The van der Waals surface area contributed by atoms with Gasteiger partial charge in [0.05, 0.1) is 10.6 Å². The van der Waals surface area contributed by atoms with Crippen LogP contribution in [0.25, 0.3) is 0 Å². The van der Waals surface area contributed by atoms with Crippen LogP contribution in [-0.4, -0.2) is 36.3 Å². The Kier molecular flexibility index (Phi) is 7.88. The van der Waals surface area contributed by atoms with Gasteiger partial charge in [0, 0.05) is 11.7 Å². The van der Waals surface area contributed by atoms with Crippen molar-refractivity contribution in [3.63, 3.8) is 0 Å².